The predicted molar refractivity (Wildman–Crippen MR) is 193 cm³/mol. The molecule has 20 N–H and O–H groups in total. The zero-order valence-electron chi connectivity index (χ0n) is 31.5. The van der Waals surface area contributed by atoms with Crippen LogP contribution in [0.25, 0.3) is 0 Å². The molecule has 6 rings (SSSR count). The SMILES string of the molecule is NC[C@@H]1O[C@H](O[C@H]2[C@@H](O)[C@H](O[C@@H]3[C@@H](O)[C@H](NC(=O)C4(O)CC(N)C4)C[C@H](N)[C@H]3O[C@H]3O[C@H](CNCC4(O)CCNCC4)CC[C@H]3N)O[C@@H]2CO)[C@H](N)[C@@H](O)[C@@H]1O. The van der Waals surface area contributed by atoms with Gasteiger partial charge < -0.3 is 109 Å². The third-order valence-corrected chi connectivity index (χ3v) is 12.1. The molecule has 0 bridgehead atoms. The van der Waals surface area contributed by atoms with Crippen molar-refractivity contribution in [1.82, 2.24) is 16.0 Å². The van der Waals surface area contributed by atoms with Gasteiger partial charge >= 0.3 is 0 Å². The molecule has 0 aromatic heterocycles. The summed E-state index contributed by atoms with van der Waals surface area (Å²) in [4.78, 5) is 13.2. The summed E-state index contributed by atoms with van der Waals surface area (Å²) in [5, 5.41) is 85.2. The van der Waals surface area contributed by atoms with Gasteiger partial charge in [-0.1, -0.05) is 0 Å². The minimum absolute atomic E-state index is 0.0214. The van der Waals surface area contributed by atoms with E-state index in [2.05, 4.69) is 16.0 Å². The molecule has 4 heterocycles. The number of nitrogens with two attached hydrogens (primary N) is 5. The molecular weight excluding hydrogens is 744 g/mol. The zero-order chi connectivity index (χ0) is 40.5. The fourth-order valence-corrected chi connectivity index (χ4v) is 8.57. The van der Waals surface area contributed by atoms with Crippen LogP contribution < -0.4 is 44.6 Å². The smallest absolute Gasteiger partial charge is 0.252 e. The second-order valence-electron chi connectivity index (χ2n) is 16.5. The van der Waals surface area contributed by atoms with Crippen LogP contribution in [0, 0.1) is 0 Å². The monoisotopic (exact) mass is 808 g/mol. The summed E-state index contributed by atoms with van der Waals surface area (Å²) in [5.74, 6) is -0.742. The quantitative estimate of drug-likeness (QED) is 0.0775. The van der Waals surface area contributed by atoms with E-state index >= 15 is 0 Å². The first kappa shape index (κ1) is 44.2. The van der Waals surface area contributed by atoms with E-state index in [-0.39, 0.29) is 38.0 Å². The van der Waals surface area contributed by atoms with Crippen LogP contribution >= 0.6 is 0 Å². The first-order chi connectivity index (χ1) is 26.6. The number of hydrogen-bond donors (Lipinski definition) is 15. The Morgan fingerprint density at radius 1 is 0.786 bits per heavy atom. The number of ether oxygens (including phenoxy) is 6. The van der Waals surface area contributed by atoms with Crippen LogP contribution in [0.2, 0.25) is 0 Å². The molecule has 4 aliphatic heterocycles. The third-order valence-electron chi connectivity index (χ3n) is 12.1. The molecule has 2 saturated carbocycles. The van der Waals surface area contributed by atoms with Crippen LogP contribution in [0.5, 0.6) is 0 Å². The molecular formula is C34H64N8O14. The van der Waals surface area contributed by atoms with Gasteiger partial charge in [0.25, 0.3) is 5.91 Å². The van der Waals surface area contributed by atoms with E-state index in [1.807, 2.05) is 0 Å². The minimum atomic E-state index is -1.72. The van der Waals surface area contributed by atoms with Crippen LogP contribution in [0.4, 0.5) is 0 Å². The van der Waals surface area contributed by atoms with Crippen LogP contribution in [0.3, 0.4) is 0 Å². The Labute approximate surface area is 324 Å². The number of aliphatic hydroxyl groups excluding tert-OH is 5. The second kappa shape index (κ2) is 18.5. The Kier molecular flexibility index (Phi) is 14.6. The molecule has 324 valence electrons. The van der Waals surface area contributed by atoms with Gasteiger partial charge in [-0.05, 0) is 45.2 Å². The van der Waals surface area contributed by atoms with E-state index in [4.69, 9.17) is 57.1 Å². The fraction of sp³-hybridized carbons (Fsp3) is 0.971. The van der Waals surface area contributed by atoms with Gasteiger partial charge in [0, 0.05) is 44.6 Å². The van der Waals surface area contributed by atoms with E-state index in [0.717, 1.165) is 13.1 Å². The molecule has 0 spiro atoms. The van der Waals surface area contributed by atoms with Crippen molar-refractivity contribution in [2.75, 3.05) is 39.3 Å². The molecule has 0 unspecified atom stereocenters. The molecule has 0 aromatic carbocycles. The lowest BCUT2D eigenvalue weighted by Gasteiger charge is -2.48. The number of piperidine rings is 1. The van der Waals surface area contributed by atoms with Crippen molar-refractivity contribution in [2.45, 2.75) is 166 Å². The Balaban J connectivity index is 1.16. The molecule has 22 nitrogen and oxygen atoms in total. The molecule has 6 fully saturated rings. The van der Waals surface area contributed by atoms with E-state index in [0.29, 0.717) is 38.8 Å². The van der Waals surface area contributed by atoms with Gasteiger partial charge in [-0.2, -0.15) is 0 Å². The summed E-state index contributed by atoms with van der Waals surface area (Å²) in [7, 11) is 0. The van der Waals surface area contributed by atoms with Crippen molar-refractivity contribution in [3.05, 3.63) is 0 Å². The molecule has 0 aromatic rings. The third kappa shape index (κ3) is 9.66. The molecule has 2 aliphatic carbocycles. The standard InChI is InChI=1S/C34H64N8O14/c35-10-19-23(45)24(46)21(39)30(52-19)55-27-20(12-43)53-31(25(27)47)56-28-22(44)18(42-32(48)34(50)8-14(36)9-34)7-17(38)26(28)54-29-16(37)2-1-15(51-29)11-41-13-33(49)3-5-40-6-4-33/h14-31,40-41,43-47,49-50H,1-13,35-39H2,(H,42,48)/t14?,15-,16+,17-,18+,19-,20+,21+,22-,23+,24+,25+,26+,27+,28+,29+,30+,31-,34?/m0/s1. The van der Waals surface area contributed by atoms with Gasteiger partial charge in [-0.25, -0.2) is 0 Å². The van der Waals surface area contributed by atoms with Gasteiger partial charge in [0.05, 0.1) is 36.4 Å². The Morgan fingerprint density at radius 3 is 2.11 bits per heavy atom. The number of aliphatic hydroxyl groups is 7. The van der Waals surface area contributed by atoms with E-state index in [9.17, 15) is 40.5 Å². The van der Waals surface area contributed by atoms with Crippen LogP contribution in [-0.4, -0.2) is 202 Å². The summed E-state index contributed by atoms with van der Waals surface area (Å²) >= 11 is 0. The van der Waals surface area contributed by atoms with Crippen LogP contribution in [0.1, 0.15) is 44.9 Å². The summed E-state index contributed by atoms with van der Waals surface area (Å²) < 4.78 is 36.4. The second-order valence-corrected chi connectivity index (χ2v) is 16.5. The lowest BCUT2D eigenvalue weighted by molar-refractivity contribution is -0.290. The number of nitrogens with one attached hydrogen (secondary N) is 3. The number of carbonyl (C=O) groups is 1. The normalized spacial score (nSPS) is 48.3. The van der Waals surface area contributed by atoms with Crippen LogP contribution in [0.15, 0.2) is 0 Å². The van der Waals surface area contributed by atoms with Crippen molar-refractivity contribution >= 4 is 5.91 Å². The molecule has 56 heavy (non-hydrogen) atoms. The average molecular weight is 809 g/mol. The number of rotatable bonds is 14. The maximum absolute atomic E-state index is 13.2. The van der Waals surface area contributed by atoms with Crippen molar-refractivity contribution in [2.24, 2.45) is 28.7 Å². The predicted octanol–water partition coefficient (Wildman–Crippen LogP) is -8.08. The molecule has 6 aliphatic rings. The Morgan fingerprint density at radius 2 is 1.45 bits per heavy atom. The highest BCUT2D eigenvalue weighted by atomic mass is 16.8. The number of amides is 1. The highest BCUT2D eigenvalue weighted by molar-refractivity contribution is 5.86. The lowest BCUT2D eigenvalue weighted by Crippen LogP contribution is -2.69. The van der Waals surface area contributed by atoms with Gasteiger partial charge in [0.1, 0.15) is 60.5 Å². The molecule has 22 heteroatoms. The molecule has 1 amide bonds. The topological polar surface area (TPSA) is 380 Å². The van der Waals surface area contributed by atoms with E-state index < -0.39 is 122 Å². The van der Waals surface area contributed by atoms with Crippen molar-refractivity contribution < 1.29 is 69.0 Å². The summed E-state index contributed by atoms with van der Waals surface area (Å²) in [6.07, 6.45) is -14.2. The largest absolute Gasteiger partial charge is 0.394 e. The lowest BCUT2D eigenvalue weighted by atomic mass is 9.75. The van der Waals surface area contributed by atoms with Crippen LogP contribution in [-0.2, 0) is 33.2 Å². The Hall–Kier alpha value is -1.33. The highest BCUT2D eigenvalue weighted by Crippen LogP contribution is 2.36. The van der Waals surface area contributed by atoms with Gasteiger partial charge in [0.2, 0.25) is 0 Å². The maximum Gasteiger partial charge on any atom is 0.252 e. The molecule has 17 atom stereocenters. The maximum atomic E-state index is 13.2. The fourth-order valence-electron chi connectivity index (χ4n) is 8.57. The van der Waals surface area contributed by atoms with E-state index in [1.54, 1.807) is 0 Å². The molecule has 4 saturated heterocycles. The Bertz CT molecular complexity index is 1290. The minimum Gasteiger partial charge on any atom is -0.394 e. The van der Waals surface area contributed by atoms with E-state index in [1.165, 1.54) is 0 Å². The first-order valence-corrected chi connectivity index (χ1v) is 19.7. The molecule has 0 radical (unpaired) electrons. The van der Waals surface area contributed by atoms with Gasteiger partial charge in [-0.3, -0.25) is 4.79 Å². The number of carbonyl (C=O) groups excluding carboxylic acids is 1. The summed E-state index contributed by atoms with van der Waals surface area (Å²) in [6, 6.07) is -4.21. The zero-order valence-corrected chi connectivity index (χ0v) is 31.5. The highest BCUT2D eigenvalue weighted by Gasteiger charge is 2.55. The van der Waals surface area contributed by atoms with Crippen molar-refractivity contribution in [3.8, 4) is 0 Å². The average Bonchev–Trinajstić information content (AvgIpc) is 3.45. The summed E-state index contributed by atoms with van der Waals surface area (Å²) in [5.41, 5.74) is 28.2. The summed E-state index contributed by atoms with van der Waals surface area (Å²) in [6.45, 7) is 1.39. The number of hydrogen-bond acceptors (Lipinski definition) is 21. The van der Waals surface area contributed by atoms with Crippen molar-refractivity contribution in [1.29, 1.82) is 0 Å². The van der Waals surface area contributed by atoms with Gasteiger partial charge in [0.15, 0.2) is 18.9 Å². The first-order valence-electron chi connectivity index (χ1n) is 19.7. The van der Waals surface area contributed by atoms with Gasteiger partial charge in [-0.15, -0.1) is 0 Å². The van der Waals surface area contributed by atoms with Crippen molar-refractivity contribution in [3.63, 3.8) is 0 Å².